The molecule has 1 aromatic rings. The SMILES string of the molecule is COCCNC(N)=NCc1ccc(OC)nc1. The summed E-state index contributed by atoms with van der Waals surface area (Å²) < 4.78 is 9.85. The first kappa shape index (κ1) is 13.2. The number of nitrogens with zero attached hydrogens (tertiary/aromatic N) is 2. The van der Waals surface area contributed by atoms with Crippen molar-refractivity contribution in [3.8, 4) is 5.88 Å². The molecule has 0 saturated heterocycles. The molecule has 0 aliphatic heterocycles. The zero-order valence-corrected chi connectivity index (χ0v) is 10.1. The van der Waals surface area contributed by atoms with Gasteiger partial charge in [0.2, 0.25) is 5.88 Å². The van der Waals surface area contributed by atoms with Gasteiger partial charge in [-0.3, -0.25) is 0 Å². The maximum absolute atomic E-state index is 5.66. The van der Waals surface area contributed by atoms with Crippen LogP contribution < -0.4 is 15.8 Å². The lowest BCUT2D eigenvalue weighted by Crippen LogP contribution is -2.34. The second-order valence-corrected chi connectivity index (χ2v) is 3.33. The van der Waals surface area contributed by atoms with Crippen molar-refractivity contribution in [2.45, 2.75) is 6.54 Å². The minimum absolute atomic E-state index is 0.401. The molecule has 1 heterocycles. The second kappa shape index (κ2) is 7.45. The minimum Gasteiger partial charge on any atom is -0.481 e. The molecular weight excluding hydrogens is 220 g/mol. The molecule has 6 nitrogen and oxygen atoms in total. The van der Waals surface area contributed by atoms with E-state index in [1.54, 1.807) is 26.5 Å². The van der Waals surface area contributed by atoms with Crippen molar-refractivity contribution >= 4 is 5.96 Å². The van der Waals surface area contributed by atoms with E-state index in [9.17, 15) is 0 Å². The third-order valence-corrected chi connectivity index (χ3v) is 2.05. The van der Waals surface area contributed by atoms with Crippen molar-refractivity contribution in [1.82, 2.24) is 10.3 Å². The van der Waals surface area contributed by atoms with Crippen molar-refractivity contribution < 1.29 is 9.47 Å². The summed E-state index contributed by atoms with van der Waals surface area (Å²) in [5.41, 5.74) is 6.63. The zero-order chi connectivity index (χ0) is 12.5. The molecular formula is C11H18N4O2. The van der Waals surface area contributed by atoms with E-state index in [4.69, 9.17) is 15.2 Å². The van der Waals surface area contributed by atoms with Gasteiger partial charge < -0.3 is 20.5 Å². The van der Waals surface area contributed by atoms with Crippen LogP contribution in [0, 0.1) is 0 Å². The largest absolute Gasteiger partial charge is 0.481 e. The third kappa shape index (κ3) is 5.17. The van der Waals surface area contributed by atoms with Gasteiger partial charge >= 0.3 is 0 Å². The highest BCUT2D eigenvalue weighted by atomic mass is 16.5. The Balaban J connectivity index is 2.39. The number of aromatic nitrogens is 1. The van der Waals surface area contributed by atoms with Gasteiger partial charge in [-0.05, 0) is 5.56 Å². The molecule has 0 aliphatic rings. The highest BCUT2D eigenvalue weighted by Gasteiger charge is 1.95. The number of rotatable bonds is 6. The molecule has 0 saturated carbocycles. The molecule has 0 aliphatic carbocycles. The number of nitrogens with two attached hydrogens (primary N) is 1. The summed E-state index contributed by atoms with van der Waals surface area (Å²) in [5, 5.41) is 2.93. The maximum atomic E-state index is 5.66. The van der Waals surface area contributed by atoms with Crippen LogP contribution in [0.2, 0.25) is 0 Å². The Morgan fingerprint density at radius 1 is 1.47 bits per heavy atom. The molecule has 0 radical (unpaired) electrons. The predicted octanol–water partition coefficient (Wildman–Crippen LogP) is 0.141. The van der Waals surface area contributed by atoms with Gasteiger partial charge in [0.25, 0.3) is 0 Å². The van der Waals surface area contributed by atoms with Gasteiger partial charge in [-0.25, -0.2) is 9.98 Å². The number of aliphatic imine (C=N–C) groups is 1. The molecule has 0 aromatic carbocycles. The number of ether oxygens (including phenoxy) is 2. The third-order valence-electron chi connectivity index (χ3n) is 2.05. The molecule has 17 heavy (non-hydrogen) atoms. The second-order valence-electron chi connectivity index (χ2n) is 3.33. The van der Waals surface area contributed by atoms with Crippen LogP contribution in [0.5, 0.6) is 5.88 Å². The van der Waals surface area contributed by atoms with Gasteiger partial charge in [0.15, 0.2) is 5.96 Å². The molecule has 0 bridgehead atoms. The molecule has 0 fully saturated rings. The monoisotopic (exact) mass is 238 g/mol. The Hall–Kier alpha value is -1.82. The van der Waals surface area contributed by atoms with E-state index in [-0.39, 0.29) is 0 Å². The average molecular weight is 238 g/mol. The van der Waals surface area contributed by atoms with Crippen molar-refractivity contribution in [3.05, 3.63) is 23.9 Å². The molecule has 94 valence electrons. The number of methoxy groups -OCH3 is 2. The van der Waals surface area contributed by atoms with Crippen LogP contribution >= 0.6 is 0 Å². The molecule has 0 amide bonds. The van der Waals surface area contributed by atoms with E-state index in [0.29, 0.717) is 31.5 Å². The van der Waals surface area contributed by atoms with Crippen LogP contribution in [-0.4, -0.2) is 38.3 Å². The van der Waals surface area contributed by atoms with Gasteiger partial charge in [0.05, 0.1) is 20.3 Å². The number of guanidine groups is 1. The van der Waals surface area contributed by atoms with E-state index in [0.717, 1.165) is 5.56 Å². The van der Waals surface area contributed by atoms with Gasteiger partial charge in [-0.15, -0.1) is 0 Å². The fraction of sp³-hybridized carbons (Fsp3) is 0.455. The quantitative estimate of drug-likeness (QED) is 0.418. The fourth-order valence-electron chi connectivity index (χ4n) is 1.14. The number of nitrogens with one attached hydrogen (secondary N) is 1. The van der Waals surface area contributed by atoms with Gasteiger partial charge in [-0.1, -0.05) is 6.07 Å². The van der Waals surface area contributed by atoms with Crippen LogP contribution in [0.1, 0.15) is 5.56 Å². The summed E-state index contributed by atoms with van der Waals surface area (Å²) in [4.78, 5) is 8.25. The summed E-state index contributed by atoms with van der Waals surface area (Å²) in [7, 11) is 3.22. The molecule has 0 atom stereocenters. The van der Waals surface area contributed by atoms with Crippen molar-refractivity contribution in [1.29, 1.82) is 0 Å². The average Bonchev–Trinajstić information content (AvgIpc) is 2.37. The number of hydrogen-bond acceptors (Lipinski definition) is 4. The van der Waals surface area contributed by atoms with Crippen molar-refractivity contribution in [2.75, 3.05) is 27.4 Å². The standard InChI is InChI=1S/C11H18N4O2/c1-16-6-5-13-11(12)15-8-9-3-4-10(17-2)14-7-9/h3-4,7H,5-6,8H2,1-2H3,(H3,12,13,15). The number of hydrogen-bond donors (Lipinski definition) is 2. The van der Waals surface area contributed by atoms with Crippen LogP contribution in [0.25, 0.3) is 0 Å². The molecule has 1 aromatic heterocycles. The molecule has 0 unspecified atom stereocenters. The predicted molar refractivity (Wildman–Crippen MR) is 66.0 cm³/mol. The highest BCUT2D eigenvalue weighted by Crippen LogP contribution is 2.07. The van der Waals surface area contributed by atoms with E-state index >= 15 is 0 Å². The van der Waals surface area contributed by atoms with Gasteiger partial charge in [0, 0.05) is 25.9 Å². The summed E-state index contributed by atoms with van der Waals surface area (Å²) in [6, 6.07) is 3.69. The normalized spacial score (nSPS) is 11.3. The van der Waals surface area contributed by atoms with Gasteiger partial charge in [0.1, 0.15) is 0 Å². The number of pyridine rings is 1. The fourth-order valence-corrected chi connectivity index (χ4v) is 1.14. The Morgan fingerprint density at radius 2 is 2.29 bits per heavy atom. The minimum atomic E-state index is 0.401. The lowest BCUT2D eigenvalue weighted by Gasteiger charge is -2.04. The first-order valence-electron chi connectivity index (χ1n) is 5.28. The lowest BCUT2D eigenvalue weighted by molar-refractivity contribution is 0.204. The van der Waals surface area contributed by atoms with Crippen LogP contribution in [-0.2, 0) is 11.3 Å². The van der Waals surface area contributed by atoms with Crippen molar-refractivity contribution in [2.24, 2.45) is 10.7 Å². The van der Waals surface area contributed by atoms with E-state index in [2.05, 4.69) is 15.3 Å². The van der Waals surface area contributed by atoms with E-state index in [1.165, 1.54) is 0 Å². The smallest absolute Gasteiger partial charge is 0.212 e. The molecule has 0 spiro atoms. The maximum Gasteiger partial charge on any atom is 0.212 e. The van der Waals surface area contributed by atoms with E-state index < -0.39 is 0 Å². The molecule has 6 heteroatoms. The van der Waals surface area contributed by atoms with E-state index in [1.807, 2.05) is 6.07 Å². The highest BCUT2D eigenvalue weighted by molar-refractivity contribution is 5.77. The Kier molecular flexibility index (Phi) is 5.81. The first-order chi connectivity index (χ1) is 8.26. The molecule has 3 N–H and O–H groups in total. The summed E-state index contributed by atoms with van der Waals surface area (Å²) in [5.74, 6) is 0.988. The van der Waals surface area contributed by atoms with Gasteiger partial charge in [-0.2, -0.15) is 0 Å². The Bertz CT molecular complexity index is 351. The van der Waals surface area contributed by atoms with Crippen LogP contribution in [0.4, 0.5) is 0 Å². The van der Waals surface area contributed by atoms with Crippen LogP contribution in [0.3, 0.4) is 0 Å². The summed E-state index contributed by atoms with van der Waals surface area (Å²) >= 11 is 0. The zero-order valence-electron chi connectivity index (χ0n) is 10.1. The Labute approximate surface area is 101 Å². The first-order valence-corrected chi connectivity index (χ1v) is 5.28. The van der Waals surface area contributed by atoms with Crippen LogP contribution in [0.15, 0.2) is 23.3 Å². The lowest BCUT2D eigenvalue weighted by atomic mass is 10.3. The Morgan fingerprint density at radius 3 is 2.88 bits per heavy atom. The summed E-state index contributed by atoms with van der Waals surface area (Å²) in [6.45, 7) is 1.73. The molecule has 1 rings (SSSR count). The van der Waals surface area contributed by atoms with Crippen molar-refractivity contribution in [3.63, 3.8) is 0 Å². The summed E-state index contributed by atoms with van der Waals surface area (Å²) in [6.07, 6.45) is 1.71. The topological polar surface area (TPSA) is 81.8 Å².